The smallest absolute Gasteiger partial charge is 0.338 e. The van der Waals surface area contributed by atoms with Crippen molar-refractivity contribution in [3.63, 3.8) is 0 Å². The number of ether oxygens (including phenoxy) is 2. The van der Waals surface area contributed by atoms with Crippen molar-refractivity contribution in [3.8, 4) is 11.5 Å². The number of amides is 2. The van der Waals surface area contributed by atoms with E-state index in [4.69, 9.17) is 9.47 Å². The number of esters is 1. The van der Waals surface area contributed by atoms with Gasteiger partial charge in [-0.3, -0.25) is 24.6 Å². The van der Waals surface area contributed by atoms with E-state index in [1.165, 1.54) is 29.2 Å². The molecule has 4 atom stereocenters. The van der Waals surface area contributed by atoms with Crippen LogP contribution in [0.4, 0.5) is 11.4 Å². The molecule has 2 amide bonds. The lowest BCUT2D eigenvalue weighted by molar-refractivity contribution is -0.384. The van der Waals surface area contributed by atoms with Crippen molar-refractivity contribution >= 4 is 29.2 Å². The maximum Gasteiger partial charge on any atom is 0.338 e. The van der Waals surface area contributed by atoms with E-state index >= 15 is 0 Å². The van der Waals surface area contributed by atoms with Gasteiger partial charge in [-0.25, -0.2) is 4.79 Å². The largest absolute Gasteiger partial charge is 0.457 e. The zero-order valence-corrected chi connectivity index (χ0v) is 20.1. The molecule has 1 heterocycles. The van der Waals surface area contributed by atoms with Gasteiger partial charge in [-0.2, -0.15) is 0 Å². The highest BCUT2D eigenvalue weighted by Gasteiger charge is 2.59. The number of rotatable bonds is 7. The third-order valence-corrected chi connectivity index (χ3v) is 7.41. The van der Waals surface area contributed by atoms with Gasteiger partial charge in [0.05, 0.1) is 28.0 Å². The summed E-state index contributed by atoms with van der Waals surface area (Å²) in [5, 5.41) is 10.8. The first-order valence-corrected chi connectivity index (χ1v) is 12.2. The fraction of sp³-hybridized carbons (Fsp3) is 0.207. The van der Waals surface area contributed by atoms with Gasteiger partial charge in [0.1, 0.15) is 18.1 Å². The summed E-state index contributed by atoms with van der Waals surface area (Å²) in [6.45, 7) is 0.0423. The first-order valence-electron chi connectivity index (χ1n) is 12.2. The predicted octanol–water partition coefficient (Wildman–Crippen LogP) is 5.06. The SMILES string of the molecule is O=C(OCc1ccc(Oc2ccc([N+](=O)[O-])cc2)cc1)c1ccc(N2C(=O)[C@@H]3[C@H](C2=O)[C@H]2C=C[C@H]3C2)cc1. The third kappa shape index (κ3) is 4.11. The van der Waals surface area contributed by atoms with E-state index in [1.54, 1.807) is 48.5 Å². The van der Waals surface area contributed by atoms with Crippen molar-refractivity contribution in [3.05, 3.63) is 106 Å². The molecule has 3 aromatic rings. The van der Waals surface area contributed by atoms with Crippen LogP contribution in [0.1, 0.15) is 22.3 Å². The minimum atomic E-state index is -0.527. The van der Waals surface area contributed by atoms with Crippen LogP contribution in [0, 0.1) is 33.8 Å². The van der Waals surface area contributed by atoms with E-state index in [1.807, 2.05) is 0 Å². The molecule has 1 saturated carbocycles. The van der Waals surface area contributed by atoms with E-state index in [2.05, 4.69) is 12.2 Å². The number of anilines is 1. The number of nitro benzene ring substituents is 1. The van der Waals surface area contributed by atoms with Crippen molar-refractivity contribution in [1.29, 1.82) is 0 Å². The molecule has 0 aromatic heterocycles. The second-order valence-electron chi connectivity index (χ2n) is 9.63. The molecule has 1 saturated heterocycles. The number of nitro groups is 1. The second-order valence-corrected chi connectivity index (χ2v) is 9.63. The maximum absolute atomic E-state index is 13.0. The maximum atomic E-state index is 13.0. The highest BCUT2D eigenvalue weighted by molar-refractivity contribution is 6.22. The minimum Gasteiger partial charge on any atom is -0.457 e. The molecule has 0 radical (unpaired) electrons. The Labute approximate surface area is 217 Å². The van der Waals surface area contributed by atoms with Gasteiger partial charge in [0, 0.05) is 12.1 Å². The average Bonchev–Trinajstić information content (AvgIpc) is 3.62. The Kier molecular flexibility index (Phi) is 5.75. The van der Waals surface area contributed by atoms with Crippen molar-refractivity contribution < 1.29 is 28.8 Å². The zero-order chi connectivity index (χ0) is 26.4. The molecular formula is C29H22N2O7. The van der Waals surface area contributed by atoms with Gasteiger partial charge in [-0.1, -0.05) is 24.3 Å². The van der Waals surface area contributed by atoms with Gasteiger partial charge in [0.15, 0.2) is 0 Å². The van der Waals surface area contributed by atoms with Crippen LogP contribution in [-0.4, -0.2) is 22.7 Å². The highest BCUT2D eigenvalue weighted by Crippen LogP contribution is 2.53. The molecule has 3 aromatic carbocycles. The van der Waals surface area contributed by atoms with Crippen molar-refractivity contribution in [2.24, 2.45) is 23.7 Å². The Morgan fingerprint density at radius 2 is 1.39 bits per heavy atom. The molecule has 0 N–H and O–H groups in total. The monoisotopic (exact) mass is 510 g/mol. The van der Waals surface area contributed by atoms with Crippen LogP contribution >= 0.6 is 0 Å². The first kappa shape index (κ1) is 23.6. The van der Waals surface area contributed by atoms with Crippen LogP contribution in [0.5, 0.6) is 11.5 Å². The van der Waals surface area contributed by atoms with Crippen LogP contribution < -0.4 is 9.64 Å². The number of nitrogens with zero attached hydrogens (tertiary/aromatic N) is 2. The number of fused-ring (bicyclic) bond motifs is 5. The molecule has 1 aliphatic heterocycles. The van der Waals surface area contributed by atoms with Gasteiger partial charge in [0.25, 0.3) is 5.69 Å². The normalized spacial score (nSPS) is 23.0. The standard InChI is InChI=1S/C29H22N2O7/c32-27-25-19-3-4-20(15-19)26(25)28(33)30(27)21-7-5-18(6-8-21)29(34)37-16-17-1-11-23(12-2-17)38-24-13-9-22(10-14-24)31(35)36/h1-14,19-20,25-26H,15-16H2/t19-,20-,25-,26+/m0/s1. The number of hydrogen-bond donors (Lipinski definition) is 0. The first-order chi connectivity index (χ1) is 18.4. The van der Waals surface area contributed by atoms with E-state index < -0.39 is 10.9 Å². The van der Waals surface area contributed by atoms with Gasteiger partial charge < -0.3 is 9.47 Å². The molecular weight excluding hydrogens is 488 g/mol. The van der Waals surface area contributed by atoms with Crippen LogP contribution in [0.2, 0.25) is 0 Å². The summed E-state index contributed by atoms with van der Waals surface area (Å²) in [6, 6.07) is 19.0. The van der Waals surface area contributed by atoms with Crippen molar-refractivity contribution in [2.45, 2.75) is 13.0 Å². The molecule has 9 heteroatoms. The number of benzene rings is 3. The molecule has 2 bridgehead atoms. The number of hydrogen-bond acceptors (Lipinski definition) is 7. The molecule has 3 aliphatic rings. The molecule has 9 nitrogen and oxygen atoms in total. The molecule has 6 rings (SSSR count). The third-order valence-electron chi connectivity index (χ3n) is 7.41. The second kappa shape index (κ2) is 9.26. The van der Waals surface area contributed by atoms with E-state index in [9.17, 15) is 24.5 Å². The molecule has 38 heavy (non-hydrogen) atoms. The lowest BCUT2D eigenvalue weighted by Crippen LogP contribution is -2.32. The van der Waals surface area contributed by atoms with Crippen molar-refractivity contribution in [1.82, 2.24) is 0 Å². The molecule has 0 spiro atoms. The lowest BCUT2D eigenvalue weighted by atomic mass is 9.85. The summed E-state index contributed by atoms with van der Waals surface area (Å²) >= 11 is 0. The Bertz CT molecular complexity index is 1430. The van der Waals surface area contributed by atoms with Gasteiger partial charge in [0.2, 0.25) is 11.8 Å². The summed E-state index contributed by atoms with van der Waals surface area (Å²) in [5.41, 5.74) is 1.50. The van der Waals surface area contributed by atoms with E-state index in [0.29, 0.717) is 22.7 Å². The van der Waals surface area contributed by atoms with E-state index in [0.717, 1.165) is 12.0 Å². The molecule has 2 fully saturated rings. The van der Waals surface area contributed by atoms with E-state index in [-0.39, 0.29) is 47.8 Å². The highest BCUT2D eigenvalue weighted by atomic mass is 16.6. The van der Waals surface area contributed by atoms with Crippen LogP contribution in [0.3, 0.4) is 0 Å². The summed E-state index contributed by atoms with van der Waals surface area (Å²) in [6.07, 6.45) is 4.99. The lowest BCUT2D eigenvalue weighted by Gasteiger charge is -2.17. The summed E-state index contributed by atoms with van der Waals surface area (Å²) < 4.78 is 11.1. The number of carbonyl (C=O) groups excluding carboxylic acids is 3. The van der Waals surface area contributed by atoms with Gasteiger partial charge in [-0.05, 0) is 72.4 Å². The Hall–Kier alpha value is -4.79. The van der Waals surface area contributed by atoms with Crippen LogP contribution in [0.15, 0.2) is 84.9 Å². The number of carbonyl (C=O) groups is 3. The minimum absolute atomic E-state index is 0.0197. The van der Waals surface area contributed by atoms with Crippen molar-refractivity contribution in [2.75, 3.05) is 4.90 Å². The topological polar surface area (TPSA) is 116 Å². The average molecular weight is 511 g/mol. The number of imide groups is 1. The van der Waals surface area contributed by atoms with Crippen LogP contribution in [0.25, 0.3) is 0 Å². The Morgan fingerprint density at radius 3 is 1.95 bits per heavy atom. The number of non-ortho nitro benzene ring substituents is 1. The fourth-order valence-electron chi connectivity index (χ4n) is 5.56. The summed E-state index contributed by atoms with van der Waals surface area (Å²) in [5.74, 6) is -0.109. The number of allylic oxidation sites excluding steroid dienone is 2. The predicted molar refractivity (Wildman–Crippen MR) is 135 cm³/mol. The Morgan fingerprint density at radius 1 is 0.842 bits per heavy atom. The van der Waals surface area contributed by atoms with Gasteiger partial charge in [-0.15, -0.1) is 0 Å². The molecule has 190 valence electrons. The molecule has 2 aliphatic carbocycles. The summed E-state index contributed by atoms with van der Waals surface area (Å²) in [4.78, 5) is 50.1. The fourth-order valence-corrected chi connectivity index (χ4v) is 5.56. The van der Waals surface area contributed by atoms with Gasteiger partial charge >= 0.3 is 5.97 Å². The Balaban J connectivity index is 1.04. The quantitative estimate of drug-likeness (QED) is 0.143. The van der Waals surface area contributed by atoms with Crippen LogP contribution in [-0.2, 0) is 20.9 Å². The molecule has 0 unspecified atom stereocenters. The summed E-state index contributed by atoms with van der Waals surface area (Å²) in [7, 11) is 0. The zero-order valence-electron chi connectivity index (χ0n) is 20.1.